The fraction of sp³-hybridized carbons (Fsp3) is 0.480. The third-order valence-corrected chi connectivity index (χ3v) is 5.91. The third kappa shape index (κ3) is 6.71. The Balaban J connectivity index is 1.33. The minimum absolute atomic E-state index is 0.0915. The standard InChI is InChI=1S/C25H35N3O3/c1-20-23(30-2)17-22(18-24(20)31-3)25(29)26-11-7-8-12-27-13-15-28(16-14-27)19-21-9-5-4-6-10-21/h4-6,9-10,17-18H,7-8,11-16,19H2,1-3H3,(H,26,29). The van der Waals surface area contributed by atoms with E-state index in [0.29, 0.717) is 23.6 Å². The van der Waals surface area contributed by atoms with Gasteiger partial charge in [0.05, 0.1) is 14.2 Å². The molecule has 168 valence electrons. The van der Waals surface area contributed by atoms with Gasteiger partial charge in [0.15, 0.2) is 0 Å². The van der Waals surface area contributed by atoms with Crippen molar-refractivity contribution in [2.24, 2.45) is 0 Å². The molecular formula is C25H35N3O3. The molecule has 1 aliphatic rings. The lowest BCUT2D eigenvalue weighted by molar-refractivity contribution is 0.0950. The lowest BCUT2D eigenvalue weighted by atomic mass is 10.1. The molecule has 1 fully saturated rings. The summed E-state index contributed by atoms with van der Waals surface area (Å²) in [7, 11) is 3.20. The number of hydrogen-bond donors (Lipinski definition) is 1. The molecule has 0 atom stereocenters. The number of unbranched alkanes of at least 4 members (excludes halogenated alkanes) is 1. The molecule has 1 N–H and O–H groups in total. The summed E-state index contributed by atoms with van der Waals surface area (Å²) in [5, 5.41) is 3.02. The third-order valence-electron chi connectivity index (χ3n) is 5.91. The number of amides is 1. The van der Waals surface area contributed by atoms with E-state index in [1.54, 1.807) is 26.4 Å². The van der Waals surface area contributed by atoms with E-state index in [0.717, 1.165) is 57.7 Å². The summed E-state index contributed by atoms with van der Waals surface area (Å²) in [6.45, 7) is 9.17. The Morgan fingerprint density at radius 1 is 0.935 bits per heavy atom. The molecule has 1 amide bonds. The van der Waals surface area contributed by atoms with Crippen molar-refractivity contribution in [3.8, 4) is 11.5 Å². The van der Waals surface area contributed by atoms with Crippen LogP contribution in [0.25, 0.3) is 0 Å². The van der Waals surface area contributed by atoms with Crippen LogP contribution in [0.15, 0.2) is 42.5 Å². The average Bonchev–Trinajstić information content (AvgIpc) is 2.80. The van der Waals surface area contributed by atoms with Crippen LogP contribution in [0, 0.1) is 6.92 Å². The Morgan fingerprint density at radius 3 is 2.16 bits per heavy atom. The summed E-state index contributed by atoms with van der Waals surface area (Å²) in [5.74, 6) is 1.23. The molecule has 1 aliphatic heterocycles. The molecule has 3 rings (SSSR count). The highest BCUT2D eigenvalue weighted by Crippen LogP contribution is 2.29. The zero-order chi connectivity index (χ0) is 22.1. The number of nitrogens with one attached hydrogen (secondary N) is 1. The van der Waals surface area contributed by atoms with Crippen LogP contribution in [0.5, 0.6) is 11.5 Å². The monoisotopic (exact) mass is 425 g/mol. The van der Waals surface area contributed by atoms with E-state index in [-0.39, 0.29) is 5.91 Å². The molecule has 0 spiro atoms. The van der Waals surface area contributed by atoms with E-state index in [4.69, 9.17) is 9.47 Å². The van der Waals surface area contributed by atoms with Crippen molar-refractivity contribution >= 4 is 5.91 Å². The van der Waals surface area contributed by atoms with E-state index in [9.17, 15) is 4.79 Å². The minimum atomic E-state index is -0.0915. The molecule has 0 aliphatic carbocycles. The summed E-state index contributed by atoms with van der Waals surface area (Å²) >= 11 is 0. The van der Waals surface area contributed by atoms with Crippen molar-refractivity contribution in [1.29, 1.82) is 0 Å². The second kappa shape index (κ2) is 11.7. The van der Waals surface area contributed by atoms with Crippen molar-refractivity contribution in [2.45, 2.75) is 26.3 Å². The molecule has 6 heteroatoms. The van der Waals surface area contributed by atoms with Crippen LogP contribution in [0.2, 0.25) is 0 Å². The van der Waals surface area contributed by atoms with Gasteiger partial charge in [0, 0.05) is 50.4 Å². The molecule has 2 aromatic carbocycles. The maximum atomic E-state index is 12.5. The number of carbonyl (C=O) groups excluding carboxylic acids is 1. The molecule has 2 aromatic rings. The first-order valence-corrected chi connectivity index (χ1v) is 11.1. The van der Waals surface area contributed by atoms with Gasteiger partial charge in [-0.15, -0.1) is 0 Å². The van der Waals surface area contributed by atoms with Crippen LogP contribution in [0.3, 0.4) is 0 Å². The molecular weight excluding hydrogens is 390 g/mol. The average molecular weight is 426 g/mol. The van der Waals surface area contributed by atoms with Gasteiger partial charge in [-0.3, -0.25) is 9.69 Å². The van der Waals surface area contributed by atoms with Gasteiger partial charge in [0.2, 0.25) is 0 Å². The first kappa shape index (κ1) is 23.1. The van der Waals surface area contributed by atoms with E-state index in [2.05, 4.69) is 45.4 Å². The number of nitrogens with zero attached hydrogens (tertiary/aromatic N) is 2. The zero-order valence-electron chi connectivity index (χ0n) is 19.0. The predicted molar refractivity (Wildman–Crippen MR) is 124 cm³/mol. The largest absolute Gasteiger partial charge is 0.496 e. The van der Waals surface area contributed by atoms with Crippen molar-refractivity contribution in [1.82, 2.24) is 15.1 Å². The number of ether oxygens (including phenoxy) is 2. The molecule has 0 unspecified atom stereocenters. The molecule has 1 saturated heterocycles. The summed E-state index contributed by atoms with van der Waals surface area (Å²) in [6, 6.07) is 14.2. The molecule has 6 nitrogen and oxygen atoms in total. The topological polar surface area (TPSA) is 54.0 Å². The Morgan fingerprint density at radius 2 is 1.55 bits per heavy atom. The highest BCUT2D eigenvalue weighted by Gasteiger charge is 2.17. The summed E-state index contributed by atoms with van der Waals surface area (Å²) in [4.78, 5) is 17.6. The number of carbonyl (C=O) groups is 1. The van der Waals surface area contributed by atoms with Crippen molar-refractivity contribution in [3.63, 3.8) is 0 Å². The fourth-order valence-electron chi connectivity index (χ4n) is 3.99. The molecule has 0 radical (unpaired) electrons. The maximum Gasteiger partial charge on any atom is 0.251 e. The van der Waals surface area contributed by atoms with Crippen molar-refractivity contribution in [3.05, 3.63) is 59.2 Å². The van der Waals surface area contributed by atoms with Gasteiger partial charge in [0.1, 0.15) is 11.5 Å². The highest BCUT2D eigenvalue weighted by molar-refractivity contribution is 5.95. The fourth-order valence-corrected chi connectivity index (χ4v) is 3.99. The number of rotatable bonds is 10. The van der Waals surface area contributed by atoms with Gasteiger partial charge in [-0.1, -0.05) is 30.3 Å². The second-order valence-electron chi connectivity index (χ2n) is 8.07. The van der Waals surface area contributed by atoms with Gasteiger partial charge >= 0.3 is 0 Å². The van der Waals surface area contributed by atoms with Crippen LogP contribution < -0.4 is 14.8 Å². The van der Waals surface area contributed by atoms with Crippen LogP contribution in [0.1, 0.15) is 34.3 Å². The Kier molecular flexibility index (Phi) is 8.74. The summed E-state index contributed by atoms with van der Waals surface area (Å²) in [6.07, 6.45) is 2.05. The van der Waals surface area contributed by atoms with E-state index in [1.807, 2.05) is 6.92 Å². The molecule has 1 heterocycles. The molecule has 0 aromatic heterocycles. The Hall–Kier alpha value is -2.57. The number of benzene rings is 2. The first-order chi connectivity index (χ1) is 15.1. The summed E-state index contributed by atoms with van der Waals surface area (Å²) < 4.78 is 10.7. The van der Waals surface area contributed by atoms with Gasteiger partial charge in [-0.05, 0) is 44.0 Å². The van der Waals surface area contributed by atoms with Crippen LogP contribution in [-0.2, 0) is 6.54 Å². The van der Waals surface area contributed by atoms with E-state index < -0.39 is 0 Å². The second-order valence-corrected chi connectivity index (χ2v) is 8.07. The molecule has 0 saturated carbocycles. The maximum absolute atomic E-state index is 12.5. The van der Waals surface area contributed by atoms with Crippen LogP contribution in [0.4, 0.5) is 0 Å². The first-order valence-electron chi connectivity index (χ1n) is 11.1. The van der Waals surface area contributed by atoms with Crippen LogP contribution >= 0.6 is 0 Å². The number of methoxy groups -OCH3 is 2. The number of piperazine rings is 1. The normalized spacial score (nSPS) is 14.9. The summed E-state index contributed by atoms with van der Waals surface area (Å²) in [5.41, 5.74) is 2.84. The smallest absolute Gasteiger partial charge is 0.251 e. The highest BCUT2D eigenvalue weighted by atomic mass is 16.5. The van der Waals surface area contributed by atoms with Gasteiger partial charge in [-0.25, -0.2) is 0 Å². The SMILES string of the molecule is COc1cc(C(=O)NCCCCN2CCN(Cc3ccccc3)CC2)cc(OC)c1C. The zero-order valence-corrected chi connectivity index (χ0v) is 19.0. The van der Waals surface area contributed by atoms with Gasteiger partial charge in [0.25, 0.3) is 5.91 Å². The van der Waals surface area contributed by atoms with E-state index in [1.165, 1.54) is 5.56 Å². The Bertz CT molecular complexity index is 808. The van der Waals surface area contributed by atoms with Gasteiger partial charge < -0.3 is 19.7 Å². The van der Waals surface area contributed by atoms with E-state index >= 15 is 0 Å². The van der Waals surface area contributed by atoms with Crippen molar-refractivity contribution in [2.75, 3.05) is 53.5 Å². The molecule has 31 heavy (non-hydrogen) atoms. The van der Waals surface area contributed by atoms with Crippen LogP contribution in [-0.4, -0.2) is 69.2 Å². The lowest BCUT2D eigenvalue weighted by Gasteiger charge is -2.34. The predicted octanol–water partition coefficient (Wildman–Crippen LogP) is 3.34. The van der Waals surface area contributed by atoms with Crippen molar-refractivity contribution < 1.29 is 14.3 Å². The Labute approximate surface area is 186 Å². The lowest BCUT2D eigenvalue weighted by Crippen LogP contribution is -2.46. The molecule has 0 bridgehead atoms. The minimum Gasteiger partial charge on any atom is -0.496 e. The van der Waals surface area contributed by atoms with Gasteiger partial charge in [-0.2, -0.15) is 0 Å². The number of hydrogen-bond acceptors (Lipinski definition) is 5. The quantitative estimate of drug-likeness (QED) is 0.592.